The van der Waals surface area contributed by atoms with E-state index in [1.54, 1.807) is 7.05 Å². The van der Waals surface area contributed by atoms with Gasteiger partial charge in [-0.25, -0.2) is 8.42 Å². The molecule has 6 nitrogen and oxygen atoms in total. The van der Waals surface area contributed by atoms with Gasteiger partial charge in [-0.05, 0) is 12.8 Å². The zero-order valence-electron chi connectivity index (χ0n) is 11.1. The molecule has 1 aliphatic heterocycles. The largest absolute Gasteiger partial charge is 0.377 e. The number of alkyl halides is 1. The molecule has 0 amide bonds. The van der Waals surface area contributed by atoms with Crippen LogP contribution in [0.2, 0.25) is 5.02 Å². The lowest BCUT2D eigenvalue weighted by molar-refractivity contribution is 0.0308. The van der Waals surface area contributed by atoms with Gasteiger partial charge in [-0.1, -0.05) is 27.5 Å². The van der Waals surface area contributed by atoms with E-state index in [0.717, 1.165) is 5.33 Å². The van der Waals surface area contributed by atoms with Crippen molar-refractivity contribution >= 4 is 37.6 Å². The number of aryl methyl sites for hydroxylation is 1. The molecule has 0 aliphatic carbocycles. The number of aromatic nitrogens is 2. The topological polar surface area (TPSA) is 64.4 Å². The maximum Gasteiger partial charge on any atom is 0.261 e. The third kappa shape index (κ3) is 3.36. The van der Waals surface area contributed by atoms with Crippen LogP contribution in [0, 0.1) is 0 Å². The van der Waals surface area contributed by atoms with Gasteiger partial charge in [0.15, 0.2) is 5.03 Å². The molecule has 20 heavy (non-hydrogen) atoms. The van der Waals surface area contributed by atoms with Crippen LogP contribution in [-0.4, -0.2) is 53.6 Å². The summed E-state index contributed by atoms with van der Waals surface area (Å²) in [4.78, 5) is 0. The fourth-order valence-corrected chi connectivity index (χ4v) is 4.52. The monoisotopic (exact) mass is 385 g/mol. The van der Waals surface area contributed by atoms with E-state index in [2.05, 4.69) is 21.0 Å². The van der Waals surface area contributed by atoms with Crippen molar-refractivity contribution in [2.45, 2.75) is 24.0 Å². The first-order chi connectivity index (χ1) is 9.46. The molecule has 114 valence electrons. The zero-order chi connectivity index (χ0) is 14.8. The van der Waals surface area contributed by atoms with Gasteiger partial charge in [0.2, 0.25) is 0 Å². The van der Waals surface area contributed by atoms with E-state index in [1.807, 2.05) is 0 Å². The molecule has 0 atom stereocenters. The minimum atomic E-state index is -3.59. The molecule has 9 heteroatoms. The first-order valence-electron chi connectivity index (χ1n) is 6.32. The molecular weight excluding hydrogens is 370 g/mol. The number of hydrogen-bond donors (Lipinski definition) is 0. The van der Waals surface area contributed by atoms with Crippen molar-refractivity contribution < 1.29 is 13.2 Å². The Labute approximate surface area is 132 Å². The number of halogens is 2. The van der Waals surface area contributed by atoms with Crippen molar-refractivity contribution in [2.75, 3.05) is 25.0 Å². The molecule has 0 spiro atoms. The van der Waals surface area contributed by atoms with Crippen LogP contribution in [0.4, 0.5) is 0 Å². The molecular formula is C11H17BrClN3O3S. The van der Waals surface area contributed by atoms with E-state index in [-0.39, 0.29) is 16.2 Å². The highest BCUT2D eigenvalue weighted by Gasteiger charge is 2.33. The van der Waals surface area contributed by atoms with Gasteiger partial charge in [-0.15, -0.1) is 0 Å². The summed E-state index contributed by atoms with van der Waals surface area (Å²) < 4.78 is 33.5. The van der Waals surface area contributed by atoms with E-state index in [1.165, 1.54) is 15.2 Å². The molecule has 1 saturated heterocycles. The van der Waals surface area contributed by atoms with Crippen LogP contribution in [-0.2, 0) is 21.8 Å². The normalized spacial score (nSPS) is 18.6. The van der Waals surface area contributed by atoms with Gasteiger partial charge < -0.3 is 4.74 Å². The lowest BCUT2D eigenvalue weighted by Gasteiger charge is -2.31. The number of piperidine rings is 1. The van der Waals surface area contributed by atoms with Gasteiger partial charge in [0, 0.05) is 25.5 Å². The van der Waals surface area contributed by atoms with Gasteiger partial charge in [0.1, 0.15) is 0 Å². The van der Waals surface area contributed by atoms with Crippen LogP contribution in [0.25, 0.3) is 0 Å². The molecule has 0 aromatic carbocycles. The quantitative estimate of drug-likeness (QED) is 0.722. The molecule has 0 saturated carbocycles. The van der Waals surface area contributed by atoms with Crippen molar-refractivity contribution in [3.05, 3.63) is 11.2 Å². The summed E-state index contributed by atoms with van der Waals surface area (Å²) in [5.74, 6) is 0. The Bertz CT molecular complexity index is 536. The lowest BCUT2D eigenvalue weighted by Crippen LogP contribution is -2.41. The Balaban J connectivity index is 2.06. The molecule has 1 aliphatic rings. The SMILES string of the molecule is Cn1ncc(Cl)c1S(=O)(=O)N1CCC(OCCBr)CC1. The first kappa shape index (κ1) is 16.2. The Morgan fingerprint density at radius 2 is 2.15 bits per heavy atom. The molecule has 2 heterocycles. The lowest BCUT2D eigenvalue weighted by atomic mass is 10.1. The molecule has 0 bridgehead atoms. The van der Waals surface area contributed by atoms with E-state index >= 15 is 0 Å². The van der Waals surface area contributed by atoms with Crippen LogP contribution in [0.3, 0.4) is 0 Å². The zero-order valence-corrected chi connectivity index (χ0v) is 14.3. The van der Waals surface area contributed by atoms with Crippen LogP contribution in [0.15, 0.2) is 11.2 Å². The van der Waals surface area contributed by atoms with Gasteiger partial charge in [0.05, 0.1) is 23.9 Å². The highest BCUT2D eigenvalue weighted by Crippen LogP contribution is 2.26. The number of rotatable bonds is 5. The summed E-state index contributed by atoms with van der Waals surface area (Å²) in [7, 11) is -2.01. The van der Waals surface area contributed by atoms with Gasteiger partial charge >= 0.3 is 0 Å². The van der Waals surface area contributed by atoms with Crippen molar-refractivity contribution in [1.82, 2.24) is 14.1 Å². The fourth-order valence-electron chi connectivity index (χ4n) is 2.26. The van der Waals surface area contributed by atoms with Crippen molar-refractivity contribution in [3.8, 4) is 0 Å². The Hall–Kier alpha value is -0.150. The van der Waals surface area contributed by atoms with Crippen LogP contribution in [0.5, 0.6) is 0 Å². The van der Waals surface area contributed by atoms with E-state index in [9.17, 15) is 8.42 Å². The highest BCUT2D eigenvalue weighted by molar-refractivity contribution is 9.09. The first-order valence-corrected chi connectivity index (χ1v) is 9.26. The second-order valence-corrected chi connectivity index (χ2v) is 7.64. The summed E-state index contributed by atoms with van der Waals surface area (Å²) >= 11 is 9.23. The molecule has 0 radical (unpaired) electrons. The summed E-state index contributed by atoms with van der Waals surface area (Å²) in [5, 5.41) is 4.88. The molecule has 2 rings (SSSR count). The smallest absolute Gasteiger partial charge is 0.261 e. The number of hydrogen-bond acceptors (Lipinski definition) is 4. The van der Waals surface area contributed by atoms with Crippen LogP contribution < -0.4 is 0 Å². The Morgan fingerprint density at radius 3 is 2.65 bits per heavy atom. The number of sulfonamides is 1. The minimum absolute atomic E-state index is 0.0546. The third-order valence-electron chi connectivity index (χ3n) is 3.26. The second-order valence-electron chi connectivity index (χ2n) is 4.58. The average molecular weight is 387 g/mol. The van der Waals surface area contributed by atoms with E-state index in [0.29, 0.717) is 32.5 Å². The Kier molecular flexibility index (Phi) is 5.47. The van der Waals surface area contributed by atoms with Crippen LogP contribution >= 0.6 is 27.5 Å². The maximum atomic E-state index is 12.5. The summed E-state index contributed by atoms with van der Waals surface area (Å²) in [6.07, 6.45) is 2.87. The average Bonchev–Trinajstić information content (AvgIpc) is 2.77. The number of nitrogens with zero attached hydrogens (tertiary/aromatic N) is 3. The predicted octanol–water partition coefficient (Wildman–Crippen LogP) is 1.64. The third-order valence-corrected chi connectivity index (χ3v) is 5.99. The van der Waals surface area contributed by atoms with Gasteiger partial charge in [0.25, 0.3) is 10.0 Å². The van der Waals surface area contributed by atoms with Crippen molar-refractivity contribution in [3.63, 3.8) is 0 Å². The van der Waals surface area contributed by atoms with Gasteiger partial charge in [-0.2, -0.15) is 9.40 Å². The second kappa shape index (κ2) is 6.74. The van der Waals surface area contributed by atoms with Crippen molar-refractivity contribution in [2.24, 2.45) is 7.05 Å². The minimum Gasteiger partial charge on any atom is -0.377 e. The molecule has 0 N–H and O–H groups in total. The Morgan fingerprint density at radius 1 is 1.50 bits per heavy atom. The van der Waals surface area contributed by atoms with E-state index < -0.39 is 10.0 Å². The molecule has 1 fully saturated rings. The summed E-state index contributed by atoms with van der Waals surface area (Å²) in [6, 6.07) is 0. The molecule has 1 aromatic heterocycles. The van der Waals surface area contributed by atoms with Crippen molar-refractivity contribution in [1.29, 1.82) is 0 Å². The molecule has 0 unspecified atom stereocenters. The highest BCUT2D eigenvalue weighted by atomic mass is 79.9. The maximum absolute atomic E-state index is 12.5. The fraction of sp³-hybridized carbons (Fsp3) is 0.727. The van der Waals surface area contributed by atoms with E-state index in [4.69, 9.17) is 16.3 Å². The van der Waals surface area contributed by atoms with Crippen LogP contribution in [0.1, 0.15) is 12.8 Å². The van der Waals surface area contributed by atoms with Gasteiger partial charge in [-0.3, -0.25) is 4.68 Å². The summed E-state index contributed by atoms with van der Waals surface area (Å²) in [6.45, 7) is 1.53. The molecule has 1 aromatic rings. The standard InChI is InChI=1S/C11H17BrClN3O3S/c1-15-11(10(13)8-14-15)20(17,18)16-5-2-9(3-6-16)19-7-4-12/h8-9H,2-7H2,1H3. The number of ether oxygens (including phenoxy) is 1. The summed E-state index contributed by atoms with van der Waals surface area (Å²) in [5.41, 5.74) is 0. The predicted molar refractivity (Wildman–Crippen MR) is 79.7 cm³/mol.